The largest absolute Gasteiger partial charge is 0.437 e. The molecule has 1 heterocycles. The predicted molar refractivity (Wildman–Crippen MR) is 185 cm³/mol. The standard InChI is InChI=1S/C41H28N2O/c1-3-11-30(12-4-1)31-22-25-40-38(27-31)42-41(44-40)26-21-29-19-23-34(24-20-29)43(33-14-5-2-6-15-33)39-28-32-13-7-8-16-35(32)36-17-9-10-18-37(36)39/h1-28H. The fourth-order valence-electron chi connectivity index (χ4n) is 5.95. The maximum Gasteiger partial charge on any atom is 0.220 e. The zero-order valence-corrected chi connectivity index (χ0v) is 24.0. The smallest absolute Gasteiger partial charge is 0.220 e. The Bertz CT molecular complexity index is 2270. The van der Waals surface area contributed by atoms with Gasteiger partial charge in [-0.2, -0.15) is 0 Å². The average molecular weight is 565 g/mol. The van der Waals surface area contributed by atoms with E-state index in [4.69, 9.17) is 9.40 Å². The normalized spacial score (nSPS) is 11.5. The van der Waals surface area contributed by atoms with Gasteiger partial charge in [0.15, 0.2) is 5.58 Å². The van der Waals surface area contributed by atoms with Crippen molar-refractivity contribution in [2.75, 3.05) is 4.90 Å². The van der Waals surface area contributed by atoms with E-state index in [-0.39, 0.29) is 0 Å². The van der Waals surface area contributed by atoms with Gasteiger partial charge in [0.05, 0.1) is 5.69 Å². The molecule has 0 unspecified atom stereocenters. The topological polar surface area (TPSA) is 29.3 Å². The molecule has 1 aromatic heterocycles. The number of anilines is 3. The molecule has 0 atom stereocenters. The van der Waals surface area contributed by atoms with Crippen LogP contribution in [-0.4, -0.2) is 4.98 Å². The molecule has 8 aromatic rings. The fraction of sp³-hybridized carbons (Fsp3) is 0. The van der Waals surface area contributed by atoms with E-state index >= 15 is 0 Å². The summed E-state index contributed by atoms with van der Waals surface area (Å²) in [5.41, 5.74) is 8.33. The lowest BCUT2D eigenvalue weighted by molar-refractivity contribution is 0.590. The van der Waals surface area contributed by atoms with Crippen molar-refractivity contribution in [1.29, 1.82) is 0 Å². The molecule has 0 aliphatic rings. The molecule has 0 amide bonds. The number of nitrogens with zero attached hydrogens (tertiary/aromatic N) is 2. The van der Waals surface area contributed by atoms with Gasteiger partial charge in [-0.05, 0) is 81.4 Å². The number of rotatable bonds is 6. The van der Waals surface area contributed by atoms with Crippen molar-refractivity contribution < 1.29 is 4.42 Å². The van der Waals surface area contributed by atoms with Crippen molar-refractivity contribution in [3.8, 4) is 11.1 Å². The van der Waals surface area contributed by atoms with Crippen LogP contribution in [0.3, 0.4) is 0 Å². The highest BCUT2D eigenvalue weighted by Gasteiger charge is 2.17. The third-order valence-electron chi connectivity index (χ3n) is 8.08. The minimum atomic E-state index is 0.586. The molecule has 0 aliphatic carbocycles. The van der Waals surface area contributed by atoms with Crippen LogP contribution in [0.4, 0.5) is 17.1 Å². The lowest BCUT2D eigenvalue weighted by atomic mass is 9.99. The van der Waals surface area contributed by atoms with Crippen molar-refractivity contribution in [3.05, 3.63) is 169 Å². The van der Waals surface area contributed by atoms with Gasteiger partial charge in [0.25, 0.3) is 0 Å². The number of benzene rings is 7. The Morgan fingerprint density at radius 1 is 0.500 bits per heavy atom. The van der Waals surface area contributed by atoms with Crippen molar-refractivity contribution >= 4 is 61.9 Å². The van der Waals surface area contributed by atoms with E-state index in [2.05, 4.69) is 138 Å². The number of aromatic nitrogens is 1. The number of para-hydroxylation sites is 1. The van der Waals surface area contributed by atoms with E-state index in [1.807, 2.05) is 36.4 Å². The molecule has 0 bridgehead atoms. The molecule has 208 valence electrons. The fourth-order valence-corrected chi connectivity index (χ4v) is 5.95. The molecule has 0 saturated carbocycles. The summed E-state index contributed by atoms with van der Waals surface area (Å²) in [5, 5.41) is 4.94. The number of oxazole rings is 1. The van der Waals surface area contributed by atoms with Gasteiger partial charge in [0, 0.05) is 22.8 Å². The molecule has 44 heavy (non-hydrogen) atoms. The van der Waals surface area contributed by atoms with Gasteiger partial charge in [0.1, 0.15) is 5.52 Å². The molecule has 0 fully saturated rings. The Labute approximate surface area is 256 Å². The van der Waals surface area contributed by atoms with Gasteiger partial charge >= 0.3 is 0 Å². The van der Waals surface area contributed by atoms with Gasteiger partial charge < -0.3 is 9.32 Å². The van der Waals surface area contributed by atoms with Crippen molar-refractivity contribution in [2.45, 2.75) is 0 Å². The van der Waals surface area contributed by atoms with Gasteiger partial charge in [-0.15, -0.1) is 0 Å². The van der Waals surface area contributed by atoms with E-state index in [0.717, 1.165) is 44.9 Å². The average Bonchev–Trinajstić information content (AvgIpc) is 3.51. The molecule has 3 nitrogen and oxygen atoms in total. The predicted octanol–water partition coefficient (Wildman–Crippen LogP) is 11.4. The quantitative estimate of drug-likeness (QED) is 0.188. The van der Waals surface area contributed by atoms with Crippen LogP contribution in [0, 0.1) is 0 Å². The third-order valence-corrected chi connectivity index (χ3v) is 8.08. The minimum Gasteiger partial charge on any atom is -0.437 e. The Balaban J connectivity index is 1.14. The summed E-state index contributed by atoms with van der Waals surface area (Å²) < 4.78 is 6.03. The van der Waals surface area contributed by atoms with Crippen LogP contribution >= 0.6 is 0 Å². The molecule has 0 aliphatic heterocycles. The van der Waals surface area contributed by atoms with Crippen LogP contribution in [0.1, 0.15) is 11.5 Å². The van der Waals surface area contributed by atoms with Crippen LogP contribution in [-0.2, 0) is 0 Å². The highest BCUT2D eigenvalue weighted by Crippen LogP contribution is 2.41. The monoisotopic (exact) mass is 564 g/mol. The lowest BCUT2D eigenvalue weighted by Gasteiger charge is -2.27. The maximum atomic E-state index is 6.03. The molecular formula is C41H28N2O. The summed E-state index contributed by atoms with van der Waals surface area (Å²) in [6, 6.07) is 55.2. The summed E-state index contributed by atoms with van der Waals surface area (Å²) in [5.74, 6) is 0.586. The second kappa shape index (κ2) is 11.0. The molecule has 7 aromatic carbocycles. The molecule has 0 N–H and O–H groups in total. The van der Waals surface area contributed by atoms with Gasteiger partial charge in [0.2, 0.25) is 5.89 Å². The first-order chi connectivity index (χ1) is 21.8. The first-order valence-electron chi connectivity index (χ1n) is 14.8. The summed E-state index contributed by atoms with van der Waals surface area (Å²) in [7, 11) is 0. The first kappa shape index (κ1) is 25.8. The van der Waals surface area contributed by atoms with E-state index in [9.17, 15) is 0 Å². The molecule has 3 heteroatoms. The molecule has 0 saturated heterocycles. The van der Waals surface area contributed by atoms with Crippen LogP contribution < -0.4 is 4.90 Å². The van der Waals surface area contributed by atoms with E-state index in [1.165, 1.54) is 21.5 Å². The van der Waals surface area contributed by atoms with E-state index < -0.39 is 0 Å². The summed E-state index contributed by atoms with van der Waals surface area (Å²) >= 11 is 0. The zero-order valence-electron chi connectivity index (χ0n) is 24.0. The molecular weight excluding hydrogens is 536 g/mol. The molecule has 0 spiro atoms. The Morgan fingerprint density at radius 3 is 1.95 bits per heavy atom. The highest BCUT2D eigenvalue weighted by molar-refractivity contribution is 6.14. The summed E-state index contributed by atoms with van der Waals surface area (Å²) in [6.45, 7) is 0. The SMILES string of the molecule is C(=Cc1nc2cc(-c3ccccc3)ccc2o1)c1ccc(N(c2ccccc2)c2cc3ccccc3c3ccccc23)cc1. The summed E-state index contributed by atoms with van der Waals surface area (Å²) in [6.07, 6.45) is 3.98. The van der Waals surface area contributed by atoms with E-state index in [1.54, 1.807) is 0 Å². The number of fused-ring (bicyclic) bond motifs is 4. The second-order valence-electron chi connectivity index (χ2n) is 10.9. The number of hydrogen-bond donors (Lipinski definition) is 0. The Morgan fingerprint density at radius 2 is 1.16 bits per heavy atom. The number of hydrogen-bond acceptors (Lipinski definition) is 3. The van der Waals surface area contributed by atoms with Crippen LogP contribution in [0.15, 0.2) is 162 Å². The maximum absolute atomic E-state index is 6.03. The van der Waals surface area contributed by atoms with Crippen molar-refractivity contribution in [2.24, 2.45) is 0 Å². The van der Waals surface area contributed by atoms with Crippen LogP contribution in [0.25, 0.3) is 55.9 Å². The van der Waals surface area contributed by atoms with E-state index in [0.29, 0.717) is 5.89 Å². The third kappa shape index (κ3) is 4.81. The highest BCUT2D eigenvalue weighted by atomic mass is 16.3. The van der Waals surface area contributed by atoms with Crippen LogP contribution in [0.2, 0.25) is 0 Å². The second-order valence-corrected chi connectivity index (χ2v) is 10.9. The minimum absolute atomic E-state index is 0.586. The van der Waals surface area contributed by atoms with Crippen molar-refractivity contribution in [1.82, 2.24) is 4.98 Å². The van der Waals surface area contributed by atoms with Crippen molar-refractivity contribution in [3.63, 3.8) is 0 Å². The van der Waals surface area contributed by atoms with Gasteiger partial charge in [-0.25, -0.2) is 4.98 Å². The summed E-state index contributed by atoms with van der Waals surface area (Å²) in [4.78, 5) is 7.07. The Hall–Kier alpha value is -5.93. The van der Waals surface area contributed by atoms with Crippen LogP contribution in [0.5, 0.6) is 0 Å². The zero-order chi connectivity index (χ0) is 29.3. The van der Waals surface area contributed by atoms with Gasteiger partial charge in [-0.3, -0.25) is 0 Å². The first-order valence-corrected chi connectivity index (χ1v) is 14.8. The Kier molecular flexibility index (Phi) is 6.47. The lowest BCUT2D eigenvalue weighted by Crippen LogP contribution is -2.10. The molecule has 8 rings (SSSR count). The molecule has 0 radical (unpaired) electrons. The van der Waals surface area contributed by atoms with Gasteiger partial charge in [-0.1, -0.05) is 115 Å².